The fourth-order valence-corrected chi connectivity index (χ4v) is 2.56. The zero-order valence-corrected chi connectivity index (χ0v) is 11.2. The lowest BCUT2D eigenvalue weighted by Gasteiger charge is -2.42. The number of hydrogen-bond donors (Lipinski definition) is 1. The fraction of sp³-hybridized carbons (Fsp3) is 0.533. The lowest BCUT2D eigenvalue weighted by atomic mass is 9.79. The molecule has 1 aromatic rings. The maximum Gasteiger partial charge on any atom is 0.0991 e. The minimum atomic E-state index is 0.185. The molecule has 3 heteroatoms. The van der Waals surface area contributed by atoms with E-state index in [9.17, 15) is 0 Å². The van der Waals surface area contributed by atoms with E-state index < -0.39 is 0 Å². The molecule has 0 aromatic heterocycles. The van der Waals surface area contributed by atoms with Gasteiger partial charge in [0.1, 0.15) is 0 Å². The van der Waals surface area contributed by atoms with Gasteiger partial charge in [-0.05, 0) is 29.5 Å². The molecule has 1 heterocycles. The van der Waals surface area contributed by atoms with Crippen LogP contribution in [0.2, 0.25) is 0 Å². The first-order valence-corrected chi connectivity index (χ1v) is 6.48. The monoisotopic (exact) mass is 243 g/mol. The molecule has 1 atom stereocenters. The van der Waals surface area contributed by atoms with E-state index in [0.29, 0.717) is 6.04 Å². The zero-order valence-electron chi connectivity index (χ0n) is 11.2. The second kappa shape index (κ2) is 5.09. The highest BCUT2D eigenvalue weighted by Gasteiger charge is 2.33. The molecular formula is C15H21N3. The summed E-state index contributed by atoms with van der Waals surface area (Å²) in [5, 5.41) is 8.77. The van der Waals surface area contributed by atoms with Crippen LogP contribution in [0.25, 0.3) is 0 Å². The molecule has 0 bridgehead atoms. The summed E-state index contributed by atoms with van der Waals surface area (Å²) in [5.74, 6) is 0. The van der Waals surface area contributed by atoms with Gasteiger partial charge < -0.3 is 5.73 Å². The Morgan fingerprint density at radius 2 is 2.06 bits per heavy atom. The van der Waals surface area contributed by atoms with Crippen LogP contribution in [0.1, 0.15) is 31.4 Å². The molecule has 2 rings (SSSR count). The lowest BCUT2D eigenvalue weighted by molar-refractivity contribution is 0.0899. The average Bonchev–Trinajstić information content (AvgIpc) is 2.34. The Balaban J connectivity index is 1.99. The smallest absolute Gasteiger partial charge is 0.0991 e. The molecule has 2 N–H and O–H groups in total. The largest absolute Gasteiger partial charge is 0.327 e. The number of rotatable bonds is 2. The van der Waals surface area contributed by atoms with E-state index in [1.807, 2.05) is 24.3 Å². The van der Waals surface area contributed by atoms with Crippen molar-refractivity contribution in [3.63, 3.8) is 0 Å². The van der Waals surface area contributed by atoms with Crippen LogP contribution in [0, 0.1) is 16.7 Å². The van der Waals surface area contributed by atoms with Gasteiger partial charge in [-0.15, -0.1) is 0 Å². The Morgan fingerprint density at radius 1 is 1.39 bits per heavy atom. The van der Waals surface area contributed by atoms with E-state index in [1.54, 1.807) is 0 Å². The van der Waals surface area contributed by atoms with Crippen LogP contribution >= 0.6 is 0 Å². The van der Waals surface area contributed by atoms with Gasteiger partial charge in [-0.2, -0.15) is 5.26 Å². The fourth-order valence-electron chi connectivity index (χ4n) is 2.56. The third-order valence-corrected chi connectivity index (χ3v) is 3.88. The van der Waals surface area contributed by atoms with E-state index in [-0.39, 0.29) is 5.41 Å². The first-order chi connectivity index (χ1) is 8.51. The highest BCUT2D eigenvalue weighted by molar-refractivity contribution is 5.31. The van der Waals surface area contributed by atoms with Gasteiger partial charge in [-0.1, -0.05) is 26.0 Å². The number of nitrogens with two attached hydrogens (primary N) is 1. The van der Waals surface area contributed by atoms with Crippen LogP contribution in [0.3, 0.4) is 0 Å². The Bertz CT molecular complexity index is 442. The molecule has 1 unspecified atom stereocenters. The average molecular weight is 243 g/mol. The molecule has 3 nitrogen and oxygen atoms in total. The molecule has 0 saturated carbocycles. The number of hydrogen-bond acceptors (Lipinski definition) is 3. The molecule has 96 valence electrons. The number of nitrogens with zero attached hydrogens (tertiary/aromatic N) is 2. The second-order valence-corrected chi connectivity index (χ2v) is 5.90. The van der Waals surface area contributed by atoms with Crippen LogP contribution in [-0.4, -0.2) is 24.0 Å². The molecule has 0 amide bonds. The van der Waals surface area contributed by atoms with Crippen molar-refractivity contribution in [2.75, 3.05) is 13.1 Å². The normalized spacial score (nSPS) is 23.6. The summed E-state index contributed by atoms with van der Waals surface area (Å²) >= 11 is 0. The van der Waals surface area contributed by atoms with Crippen molar-refractivity contribution in [2.24, 2.45) is 11.1 Å². The summed E-state index contributed by atoms with van der Waals surface area (Å²) in [7, 11) is 0. The SMILES string of the molecule is CC1(C)CN(Cc2ccc(C#N)cc2)CCC1N. The molecule has 1 aliphatic rings. The van der Waals surface area contributed by atoms with Crippen molar-refractivity contribution in [2.45, 2.75) is 32.9 Å². The highest BCUT2D eigenvalue weighted by atomic mass is 15.1. The first kappa shape index (κ1) is 13.1. The van der Waals surface area contributed by atoms with Crippen LogP contribution in [0.4, 0.5) is 0 Å². The van der Waals surface area contributed by atoms with Gasteiger partial charge in [0.15, 0.2) is 0 Å². The maximum absolute atomic E-state index is 8.77. The Labute approximate surface area is 109 Å². The maximum atomic E-state index is 8.77. The zero-order chi connectivity index (χ0) is 13.2. The Kier molecular flexibility index (Phi) is 3.70. The van der Waals surface area contributed by atoms with Crippen LogP contribution < -0.4 is 5.73 Å². The predicted molar refractivity (Wildman–Crippen MR) is 72.8 cm³/mol. The minimum absolute atomic E-state index is 0.185. The molecule has 1 aliphatic heterocycles. The van der Waals surface area contributed by atoms with Gasteiger partial charge in [-0.3, -0.25) is 4.90 Å². The number of likely N-dealkylation sites (tertiary alicyclic amines) is 1. The van der Waals surface area contributed by atoms with Crippen molar-refractivity contribution in [3.8, 4) is 6.07 Å². The first-order valence-electron chi connectivity index (χ1n) is 6.48. The summed E-state index contributed by atoms with van der Waals surface area (Å²) < 4.78 is 0. The lowest BCUT2D eigenvalue weighted by Crippen LogP contribution is -2.52. The van der Waals surface area contributed by atoms with Crippen molar-refractivity contribution in [3.05, 3.63) is 35.4 Å². The number of piperidine rings is 1. The molecule has 0 spiro atoms. The summed E-state index contributed by atoms with van der Waals surface area (Å²) in [6.07, 6.45) is 1.06. The number of nitriles is 1. The molecular weight excluding hydrogens is 222 g/mol. The van der Waals surface area contributed by atoms with E-state index in [4.69, 9.17) is 11.0 Å². The van der Waals surface area contributed by atoms with E-state index in [1.165, 1.54) is 5.56 Å². The van der Waals surface area contributed by atoms with Gasteiger partial charge in [0.2, 0.25) is 0 Å². The van der Waals surface area contributed by atoms with E-state index in [2.05, 4.69) is 24.8 Å². The van der Waals surface area contributed by atoms with Crippen LogP contribution in [0.15, 0.2) is 24.3 Å². The van der Waals surface area contributed by atoms with Crippen LogP contribution in [-0.2, 0) is 6.54 Å². The molecule has 18 heavy (non-hydrogen) atoms. The van der Waals surface area contributed by atoms with Gasteiger partial charge in [-0.25, -0.2) is 0 Å². The van der Waals surface area contributed by atoms with Crippen molar-refractivity contribution >= 4 is 0 Å². The quantitative estimate of drug-likeness (QED) is 0.865. The van der Waals surface area contributed by atoms with Gasteiger partial charge in [0, 0.05) is 25.7 Å². The van der Waals surface area contributed by atoms with E-state index in [0.717, 1.165) is 31.6 Å². The second-order valence-electron chi connectivity index (χ2n) is 5.90. The van der Waals surface area contributed by atoms with Gasteiger partial charge in [0.25, 0.3) is 0 Å². The standard InChI is InChI=1S/C15H21N3/c1-15(2)11-18(8-7-14(15)17)10-13-5-3-12(9-16)4-6-13/h3-6,14H,7-8,10-11,17H2,1-2H3. The molecule has 0 radical (unpaired) electrons. The predicted octanol–water partition coefficient (Wildman–Crippen LogP) is 2.12. The molecule has 1 fully saturated rings. The van der Waals surface area contributed by atoms with E-state index >= 15 is 0 Å². The van der Waals surface area contributed by atoms with Crippen molar-refractivity contribution < 1.29 is 0 Å². The van der Waals surface area contributed by atoms with Crippen LogP contribution in [0.5, 0.6) is 0 Å². The molecule has 0 aliphatic carbocycles. The third kappa shape index (κ3) is 2.90. The van der Waals surface area contributed by atoms with Crippen molar-refractivity contribution in [1.29, 1.82) is 5.26 Å². The van der Waals surface area contributed by atoms with Crippen molar-refractivity contribution in [1.82, 2.24) is 4.90 Å². The topological polar surface area (TPSA) is 53.0 Å². The van der Waals surface area contributed by atoms with Gasteiger partial charge in [0.05, 0.1) is 11.6 Å². The molecule has 1 saturated heterocycles. The summed E-state index contributed by atoms with van der Waals surface area (Å²) in [6, 6.07) is 10.3. The molecule has 1 aromatic carbocycles. The number of benzene rings is 1. The highest BCUT2D eigenvalue weighted by Crippen LogP contribution is 2.28. The summed E-state index contributed by atoms with van der Waals surface area (Å²) in [5.41, 5.74) is 8.31. The Hall–Kier alpha value is -1.37. The third-order valence-electron chi connectivity index (χ3n) is 3.88. The minimum Gasteiger partial charge on any atom is -0.327 e. The Morgan fingerprint density at radius 3 is 2.61 bits per heavy atom. The summed E-state index contributed by atoms with van der Waals surface area (Å²) in [6.45, 7) is 7.52. The van der Waals surface area contributed by atoms with Gasteiger partial charge >= 0.3 is 0 Å². The summed E-state index contributed by atoms with van der Waals surface area (Å²) in [4.78, 5) is 2.45.